The van der Waals surface area contributed by atoms with E-state index in [0.717, 1.165) is 12.1 Å². The zero-order valence-corrected chi connectivity index (χ0v) is 10.9. The van der Waals surface area contributed by atoms with Crippen LogP contribution in [0.4, 0.5) is 14.9 Å². The van der Waals surface area contributed by atoms with Gasteiger partial charge in [0.15, 0.2) is 0 Å². The third kappa shape index (κ3) is 4.73. The predicted octanol–water partition coefficient (Wildman–Crippen LogP) is 0.883. The number of carbonyl (C=O) groups excluding carboxylic acids is 2. The number of rotatable bonds is 5. The largest absolute Gasteiger partial charge is 0.480 e. The second-order valence-electron chi connectivity index (χ2n) is 3.77. The Morgan fingerprint density at radius 1 is 1.35 bits per heavy atom. The third-order valence-electron chi connectivity index (χ3n) is 2.13. The number of aliphatic carboxylic acids is 1. The SMILES string of the molecule is NC(=O)CN(CC(=O)O)C(=O)Nc1cc(F)ccc1Cl. The molecule has 0 heterocycles. The van der Waals surface area contributed by atoms with Crippen LogP contribution in [-0.4, -0.2) is 41.0 Å². The number of benzene rings is 1. The first-order chi connectivity index (χ1) is 9.29. The summed E-state index contributed by atoms with van der Waals surface area (Å²) in [7, 11) is 0. The predicted molar refractivity (Wildman–Crippen MR) is 68.8 cm³/mol. The van der Waals surface area contributed by atoms with Crippen molar-refractivity contribution in [2.45, 2.75) is 0 Å². The number of urea groups is 1. The number of carboxylic acids is 1. The maximum Gasteiger partial charge on any atom is 0.323 e. The number of carbonyl (C=O) groups is 3. The quantitative estimate of drug-likeness (QED) is 0.749. The minimum Gasteiger partial charge on any atom is -0.480 e. The van der Waals surface area contributed by atoms with Crippen molar-refractivity contribution in [1.29, 1.82) is 0 Å². The molecule has 108 valence electrons. The molecule has 0 radical (unpaired) electrons. The van der Waals surface area contributed by atoms with Crippen LogP contribution >= 0.6 is 11.6 Å². The zero-order chi connectivity index (χ0) is 15.3. The van der Waals surface area contributed by atoms with E-state index in [-0.39, 0.29) is 10.7 Å². The Labute approximate surface area is 118 Å². The van der Waals surface area contributed by atoms with Crippen molar-refractivity contribution < 1.29 is 23.9 Å². The average molecular weight is 304 g/mol. The number of hydrogen-bond acceptors (Lipinski definition) is 3. The highest BCUT2D eigenvalue weighted by Gasteiger charge is 2.19. The number of halogens is 2. The number of hydrogen-bond donors (Lipinski definition) is 3. The van der Waals surface area contributed by atoms with Crippen molar-refractivity contribution in [2.24, 2.45) is 5.73 Å². The van der Waals surface area contributed by atoms with Crippen LogP contribution in [0.15, 0.2) is 18.2 Å². The highest BCUT2D eigenvalue weighted by molar-refractivity contribution is 6.33. The van der Waals surface area contributed by atoms with Gasteiger partial charge in [-0.1, -0.05) is 11.6 Å². The monoisotopic (exact) mass is 303 g/mol. The van der Waals surface area contributed by atoms with E-state index >= 15 is 0 Å². The summed E-state index contributed by atoms with van der Waals surface area (Å²) in [6.45, 7) is -1.33. The molecular weight excluding hydrogens is 293 g/mol. The van der Waals surface area contributed by atoms with Crippen LogP contribution < -0.4 is 11.1 Å². The van der Waals surface area contributed by atoms with Crippen molar-refractivity contribution >= 4 is 35.2 Å². The van der Waals surface area contributed by atoms with E-state index in [2.05, 4.69) is 5.32 Å². The summed E-state index contributed by atoms with van der Waals surface area (Å²) in [5.74, 6) is -2.84. The van der Waals surface area contributed by atoms with Crippen molar-refractivity contribution in [1.82, 2.24) is 4.90 Å². The number of nitrogens with one attached hydrogen (secondary N) is 1. The Balaban J connectivity index is 2.86. The Hall–Kier alpha value is -2.35. The normalized spacial score (nSPS) is 9.90. The van der Waals surface area contributed by atoms with Crippen LogP contribution in [0, 0.1) is 5.82 Å². The van der Waals surface area contributed by atoms with Gasteiger partial charge in [-0.25, -0.2) is 9.18 Å². The van der Waals surface area contributed by atoms with Gasteiger partial charge >= 0.3 is 12.0 Å². The number of anilines is 1. The van der Waals surface area contributed by atoms with E-state index < -0.39 is 36.8 Å². The van der Waals surface area contributed by atoms with Crippen molar-refractivity contribution in [3.63, 3.8) is 0 Å². The maximum atomic E-state index is 13.0. The second kappa shape index (κ2) is 6.71. The van der Waals surface area contributed by atoms with E-state index in [1.807, 2.05) is 0 Å². The molecule has 0 aliphatic rings. The van der Waals surface area contributed by atoms with Gasteiger partial charge < -0.3 is 21.1 Å². The lowest BCUT2D eigenvalue weighted by Gasteiger charge is -2.19. The van der Waals surface area contributed by atoms with Crippen LogP contribution in [0.5, 0.6) is 0 Å². The molecule has 0 fully saturated rings. The summed E-state index contributed by atoms with van der Waals surface area (Å²) in [4.78, 5) is 33.9. The van der Waals surface area contributed by atoms with E-state index in [1.165, 1.54) is 6.07 Å². The Kier molecular flexibility index (Phi) is 5.27. The molecule has 7 nitrogen and oxygen atoms in total. The zero-order valence-electron chi connectivity index (χ0n) is 10.1. The highest BCUT2D eigenvalue weighted by atomic mass is 35.5. The van der Waals surface area contributed by atoms with Gasteiger partial charge in [0, 0.05) is 0 Å². The molecule has 0 aliphatic heterocycles. The van der Waals surface area contributed by atoms with Crippen LogP contribution in [-0.2, 0) is 9.59 Å². The molecule has 0 bridgehead atoms. The number of carboxylic acid groups (broad SMARTS) is 1. The van der Waals surface area contributed by atoms with Gasteiger partial charge in [-0.3, -0.25) is 9.59 Å². The highest BCUT2D eigenvalue weighted by Crippen LogP contribution is 2.22. The molecular formula is C11H11ClFN3O4. The summed E-state index contributed by atoms with van der Waals surface area (Å²) in [6.07, 6.45) is 0. The number of nitrogens with two attached hydrogens (primary N) is 1. The molecule has 1 rings (SSSR count). The second-order valence-corrected chi connectivity index (χ2v) is 4.18. The fourth-order valence-electron chi connectivity index (χ4n) is 1.34. The van der Waals surface area contributed by atoms with Crippen molar-refractivity contribution in [3.8, 4) is 0 Å². The van der Waals surface area contributed by atoms with Crippen LogP contribution in [0.2, 0.25) is 5.02 Å². The first-order valence-electron chi connectivity index (χ1n) is 5.30. The molecule has 0 unspecified atom stereocenters. The molecule has 0 saturated carbocycles. The van der Waals surface area contributed by atoms with Gasteiger partial charge in [0.1, 0.15) is 18.9 Å². The lowest BCUT2D eigenvalue weighted by Crippen LogP contribution is -2.43. The average Bonchev–Trinajstić information content (AvgIpc) is 2.31. The summed E-state index contributed by atoms with van der Waals surface area (Å²) in [6, 6.07) is 2.35. The van der Waals surface area contributed by atoms with Gasteiger partial charge in [0.05, 0.1) is 10.7 Å². The number of primary amides is 1. The minimum atomic E-state index is -1.33. The van der Waals surface area contributed by atoms with Gasteiger partial charge in [-0.05, 0) is 18.2 Å². The fraction of sp³-hybridized carbons (Fsp3) is 0.182. The topological polar surface area (TPSA) is 113 Å². The van der Waals surface area contributed by atoms with Gasteiger partial charge in [-0.15, -0.1) is 0 Å². The molecule has 0 aromatic heterocycles. The van der Waals surface area contributed by atoms with Crippen LogP contribution in [0.3, 0.4) is 0 Å². The smallest absolute Gasteiger partial charge is 0.323 e. The molecule has 0 saturated heterocycles. The Morgan fingerprint density at radius 2 is 2.00 bits per heavy atom. The van der Waals surface area contributed by atoms with Crippen LogP contribution in [0.25, 0.3) is 0 Å². The molecule has 1 aromatic rings. The van der Waals surface area contributed by atoms with Gasteiger partial charge in [0.25, 0.3) is 0 Å². The van der Waals surface area contributed by atoms with E-state index in [1.54, 1.807) is 0 Å². The number of nitrogens with zero attached hydrogens (tertiary/aromatic N) is 1. The van der Waals surface area contributed by atoms with Gasteiger partial charge in [-0.2, -0.15) is 0 Å². The van der Waals surface area contributed by atoms with Crippen molar-refractivity contribution in [3.05, 3.63) is 29.0 Å². The fourth-order valence-corrected chi connectivity index (χ4v) is 1.50. The Bertz CT molecular complexity index is 536. The lowest BCUT2D eigenvalue weighted by atomic mass is 10.3. The molecule has 3 amide bonds. The third-order valence-corrected chi connectivity index (χ3v) is 2.46. The molecule has 0 atom stereocenters. The summed E-state index contributed by atoms with van der Waals surface area (Å²) < 4.78 is 13.0. The summed E-state index contributed by atoms with van der Waals surface area (Å²) in [5, 5.41) is 10.9. The standard InChI is InChI=1S/C11H11ClFN3O4/c12-7-2-1-6(13)3-8(7)15-11(20)16(4-9(14)17)5-10(18)19/h1-3H,4-5H2,(H2,14,17)(H,15,20)(H,18,19). The number of amides is 3. The first-order valence-corrected chi connectivity index (χ1v) is 5.68. The lowest BCUT2D eigenvalue weighted by molar-refractivity contribution is -0.137. The van der Waals surface area contributed by atoms with Crippen LogP contribution in [0.1, 0.15) is 0 Å². The molecule has 9 heteroatoms. The molecule has 0 aliphatic carbocycles. The summed E-state index contributed by atoms with van der Waals surface area (Å²) >= 11 is 5.75. The summed E-state index contributed by atoms with van der Waals surface area (Å²) in [5.41, 5.74) is 4.87. The Morgan fingerprint density at radius 3 is 2.55 bits per heavy atom. The maximum absolute atomic E-state index is 13.0. The van der Waals surface area contributed by atoms with E-state index in [4.69, 9.17) is 22.4 Å². The van der Waals surface area contributed by atoms with Crippen molar-refractivity contribution in [2.75, 3.05) is 18.4 Å². The first kappa shape index (κ1) is 15.7. The van der Waals surface area contributed by atoms with E-state index in [9.17, 15) is 18.8 Å². The molecule has 20 heavy (non-hydrogen) atoms. The van der Waals surface area contributed by atoms with E-state index in [0.29, 0.717) is 4.90 Å². The molecule has 0 spiro atoms. The minimum absolute atomic E-state index is 0.0449. The molecule has 1 aromatic carbocycles. The van der Waals surface area contributed by atoms with Gasteiger partial charge in [0.2, 0.25) is 5.91 Å². The molecule has 4 N–H and O–H groups in total.